The summed E-state index contributed by atoms with van der Waals surface area (Å²) in [5.41, 5.74) is 0. The quantitative estimate of drug-likeness (QED) is 0.0264. The average molecular weight is 805 g/mol. The molecule has 0 aromatic heterocycles. The zero-order chi connectivity index (χ0) is 41.5. The van der Waals surface area contributed by atoms with E-state index in [-0.39, 0.29) is 31.1 Å². The number of rotatable bonds is 46. The van der Waals surface area contributed by atoms with Crippen molar-refractivity contribution < 1.29 is 28.6 Å². The molecule has 6 nitrogen and oxygen atoms in total. The van der Waals surface area contributed by atoms with E-state index in [4.69, 9.17) is 14.2 Å². The number of carbonyl (C=O) groups excluding carboxylic acids is 3. The molecule has 0 bridgehead atoms. The monoisotopic (exact) mass is 805 g/mol. The van der Waals surface area contributed by atoms with E-state index in [1.54, 1.807) is 0 Å². The lowest BCUT2D eigenvalue weighted by Gasteiger charge is -2.18. The Labute approximate surface area is 354 Å². The Morgan fingerprint density at radius 2 is 0.579 bits per heavy atom. The summed E-state index contributed by atoms with van der Waals surface area (Å²) in [5, 5.41) is 0. The maximum atomic E-state index is 12.8. The number of carbonyl (C=O) groups is 3. The van der Waals surface area contributed by atoms with Crippen molar-refractivity contribution in [3.8, 4) is 0 Å². The number of allylic oxidation sites excluding steroid dienone is 2. The van der Waals surface area contributed by atoms with Crippen molar-refractivity contribution >= 4 is 17.9 Å². The molecule has 6 heteroatoms. The van der Waals surface area contributed by atoms with Gasteiger partial charge in [-0.05, 0) is 44.9 Å². The van der Waals surface area contributed by atoms with E-state index in [1.165, 1.54) is 180 Å². The molecule has 0 radical (unpaired) electrons. The van der Waals surface area contributed by atoms with Crippen LogP contribution >= 0.6 is 0 Å². The van der Waals surface area contributed by atoms with Gasteiger partial charge in [0.1, 0.15) is 13.2 Å². The van der Waals surface area contributed by atoms with Crippen molar-refractivity contribution in [3.05, 3.63) is 12.2 Å². The van der Waals surface area contributed by atoms with Crippen LogP contribution < -0.4 is 0 Å². The standard InChI is InChI=1S/C51H96O6/c1-4-7-10-13-16-19-22-24-25-27-29-32-35-38-41-44-50(53)56-47-48(46-55-49(52)43-40-37-34-31-28-21-18-15-12-9-6-3)57-51(54)45-42-39-36-33-30-26-23-20-17-14-11-8-5-2/h19,22,48H,4-18,20-21,23-47H2,1-3H3/b22-19+/t48-/m1/s1. The summed E-state index contributed by atoms with van der Waals surface area (Å²) >= 11 is 0. The molecule has 0 amide bonds. The molecule has 0 spiro atoms. The fourth-order valence-corrected chi connectivity index (χ4v) is 7.44. The van der Waals surface area contributed by atoms with E-state index in [0.717, 1.165) is 57.8 Å². The highest BCUT2D eigenvalue weighted by atomic mass is 16.6. The Balaban J connectivity index is 4.32. The number of ether oxygens (including phenoxy) is 3. The second-order valence-electron chi connectivity index (χ2n) is 17.1. The lowest BCUT2D eigenvalue weighted by molar-refractivity contribution is -0.167. The Morgan fingerprint density at radius 3 is 0.895 bits per heavy atom. The van der Waals surface area contributed by atoms with Crippen LogP contribution in [0.3, 0.4) is 0 Å². The molecule has 0 saturated carbocycles. The Hall–Kier alpha value is -1.85. The summed E-state index contributed by atoms with van der Waals surface area (Å²) in [6, 6.07) is 0. The topological polar surface area (TPSA) is 78.9 Å². The van der Waals surface area contributed by atoms with Crippen LogP contribution in [0.25, 0.3) is 0 Å². The van der Waals surface area contributed by atoms with E-state index >= 15 is 0 Å². The molecule has 0 aliphatic rings. The van der Waals surface area contributed by atoms with Gasteiger partial charge in [-0.2, -0.15) is 0 Å². The Morgan fingerprint density at radius 1 is 0.333 bits per heavy atom. The van der Waals surface area contributed by atoms with E-state index in [9.17, 15) is 14.4 Å². The molecule has 1 atom stereocenters. The first-order valence-electron chi connectivity index (χ1n) is 25.2. The van der Waals surface area contributed by atoms with Crippen LogP contribution in [0.15, 0.2) is 12.2 Å². The largest absolute Gasteiger partial charge is 0.462 e. The first-order valence-corrected chi connectivity index (χ1v) is 25.2. The van der Waals surface area contributed by atoms with Crippen LogP contribution in [0.1, 0.15) is 278 Å². The molecule has 57 heavy (non-hydrogen) atoms. The minimum atomic E-state index is -0.763. The first-order chi connectivity index (χ1) is 28.0. The molecule has 0 N–H and O–H groups in total. The highest BCUT2D eigenvalue weighted by Gasteiger charge is 2.19. The highest BCUT2D eigenvalue weighted by molar-refractivity contribution is 5.71. The van der Waals surface area contributed by atoms with Gasteiger partial charge >= 0.3 is 17.9 Å². The molecule has 0 fully saturated rings. The smallest absolute Gasteiger partial charge is 0.306 e. The van der Waals surface area contributed by atoms with Crippen molar-refractivity contribution in [2.75, 3.05) is 13.2 Å². The fraction of sp³-hybridized carbons (Fsp3) is 0.902. The van der Waals surface area contributed by atoms with Crippen molar-refractivity contribution in [3.63, 3.8) is 0 Å². The van der Waals surface area contributed by atoms with Crippen molar-refractivity contribution in [1.29, 1.82) is 0 Å². The summed E-state index contributed by atoms with van der Waals surface area (Å²) in [6.07, 6.45) is 50.4. The van der Waals surface area contributed by atoms with Gasteiger partial charge in [-0.3, -0.25) is 14.4 Å². The molecule has 0 aliphatic heterocycles. The van der Waals surface area contributed by atoms with E-state index in [1.807, 2.05) is 0 Å². The van der Waals surface area contributed by atoms with Crippen molar-refractivity contribution in [2.24, 2.45) is 0 Å². The number of hydrogen-bond donors (Lipinski definition) is 0. The van der Waals surface area contributed by atoms with Crippen LogP contribution in [0.5, 0.6) is 0 Å². The summed E-state index contributed by atoms with van der Waals surface area (Å²) < 4.78 is 16.8. The highest BCUT2D eigenvalue weighted by Crippen LogP contribution is 2.16. The van der Waals surface area contributed by atoms with Crippen LogP contribution in [-0.4, -0.2) is 37.2 Å². The summed E-state index contributed by atoms with van der Waals surface area (Å²) in [7, 11) is 0. The van der Waals surface area contributed by atoms with E-state index in [0.29, 0.717) is 19.3 Å². The second-order valence-corrected chi connectivity index (χ2v) is 17.1. The van der Waals surface area contributed by atoms with E-state index < -0.39 is 6.10 Å². The third-order valence-corrected chi connectivity index (χ3v) is 11.3. The molecule has 336 valence electrons. The molecule has 0 heterocycles. The summed E-state index contributed by atoms with van der Waals surface area (Å²) in [6.45, 7) is 6.64. The molecule has 0 aromatic rings. The normalized spacial score (nSPS) is 12.0. The molecule has 0 rings (SSSR count). The lowest BCUT2D eigenvalue weighted by Crippen LogP contribution is -2.30. The van der Waals surface area contributed by atoms with E-state index in [2.05, 4.69) is 32.9 Å². The Kier molecular flexibility index (Phi) is 45.3. The predicted molar refractivity (Wildman–Crippen MR) is 243 cm³/mol. The number of hydrogen-bond acceptors (Lipinski definition) is 6. The maximum Gasteiger partial charge on any atom is 0.306 e. The first kappa shape index (κ1) is 55.2. The molecular formula is C51H96O6. The molecule has 0 unspecified atom stereocenters. The molecule has 0 aliphatic carbocycles. The van der Waals surface area contributed by atoms with Gasteiger partial charge < -0.3 is 14.2 Å². The zero-order valence-electron chi connectivity index (χ0n) is 38.4. The molecular weight excluding hydrogens is 709 g/mol. The minimum absolute atomic E-state index is 0.0662. The van der Waals surface area contributed by atoms with Crippen molar-refractivity contribution in [1.82, 2.24) is 0 Å². The summed E-state index contributed by atoms with van der Waals surface area (Å²) in [4.78, 5) is 37.9. The van der Waals surface area contributed by atoms with Crippen LogP contribution in [0.4, 0.5) is 0 Å². The van der Waals surface area contributed by atoms with Crippen LogP contribution in [0.2, 0.25) is 0 Å². The second kappa shape index (κ2) is 46.8. The molecule has 0 aromatic carbocycles. The summed E-state index contributed by atoms with van der Waals surface area (Å²) in [5.74, 6) is -0.857. The van der Waals surface area contributed by atoms with Gasteiger partial charge in [0, 0.05) is 19.3 Å². The zero-order valence-corrected chi connectivity index (χ0v) is 38.4. The SMILES string of the molecule is CCCCCC/C=C/CCCCCCCCCC(=O)OC[C@@H](COC(=O)CCCCCCCCCCCCC)OC(=O)CCCCCCCCCCCCCCC. The Bertz CT molecular complexity index is 885. The third kappa shape index (κ3) is 45.1. The maximum absolute atomic E-state index is 12.8. The minimum Gasteiger partial charge on any atom is -0.462 e. The molecule has 0 saturated heterocycles. The third-order valence-electron chi connectivity index (χ3n) is 11.3. The van der Waals surface area contributed by atoms with Crippen LogP contribution in [0, 0.1) is 0 Å². The predicted octanol–water partition coefficient (Wildman–Crippen LogP) is 16.2. The lowest BCUT2D eigenvalue weighted by atomic mass is 10.0. The van der Waals surface area contributed by atoms with Gasteiger partial charge in [0.25, 0.3) is 0 Å². The van der Waals surface area contributed by atoms with Gasteiger partial charge in [0.2, 0.25) is 0 Å². The van der Waals surface area contributed by atoms with Gasteiger partial charge in [-0.25, -0.2) is 0 Å². The average Bonchev–Trinajstić information content (AvgIpc) is 3.21. The van der Waals surface area contributed by atoms with Gasteiger partial charge in [0.05, 0.1) is 0 Å². The van der Waals surface area contributed by atoms with Gasteiger partial charge in [-0.1, -0.05) is 226 Å². The number of esters is 3. The van der Waals surface area contributed by atoms with Gasteiger partial charge in [0.15, 0.2) is 6.10 Å². The van der Waals surface area contributed by atoms with Crippen LogP contribution in [-0.2, 0) is 28.6 Å². The van der Waals surface area contributed by atoms with Gasteiger partial charge in [-0.15, -0.1) is 0 Å². The number of unbranched alkanes of at least 4 members (excludes halogenated alkanes) is 33. The van der Waals surface area contributed by atoms with Crippen molar-refractivity contribution in [2.45, 2.75) is 284 Å². The fourth-order valence-electron chi connectivity index (χ4n) is 7.44.